The zero-order valence-electron chi connectivity index (χ0n) is 22.4. The van der Waals surface area contributed by atoms with Crippen molar-refractivity contribution in [2.45, 2.75) is 75.8 Å². The lowest BCUT2D eigenvalue weighted by Crippen LogP contribution is -2.60. The van der Waals surface area contributed by atoms with Crippen molar-refractivity contribution in [2.24, 2.45) is 5.73 Å². The number of carboxylic acid groups (broad SMARTS) is 3. The lowest BCUT2D eigenvalue weighted by molar-refractivity contribution is -0.147. The van der Waals surface area contributed by atoms with Gasteiger partial charge in [0.1, 0.15) is 24.2 Å². The number of carbonyl (C=O) groups is 7. The van der Waals surface area contributed by atoms with Gasteiger partial charge in [-0.3, -0.25) is 28.8 Å². The highest BCUT2D eigenvalue weighted by atomic mass is 16.4. The van der Waals surface area contributed by atoms with E-state index < -0.39 is 97.1 Å². The number of hydrogen-bond acceptors (Lipinski definition) is 9. The standard InChI is InChI=1S/C25H35N5O11/c1-12(26)21(36)30-20(13(2)31)24(39)28-16(10-14-6-4-3-5-7-14)23(38)27-15(8-9-18(32)33)22(37)29-17(25(40)41)11-19(34)35/h3-7,12-13,15-17,20,31H,8-11,26H2,1-2H3,(H,27,38)(H,28,39)(H,29,37)(H,30,36)(H,32,33)(H,34,35)(H,40,41). The van der Waals surface area contributed by atoms with Crippen LogP contribution in [0.3, 0.4) is 0 Å². The molecule has 0 saturated heterocycles. The molecule has 0 radical (unpaired) electrons. The number of benzene rings is 1. The summed E-state index contributed by atoms with van der Waals surface area (Å²) in [5.41, 5.74) is 6.07. The van der Waals surface area contributed by atoms with Gasteiger partial charge in [-0.15, -0.1) is 0 Å². The van der Waals surface area contributed by atoms with Crippen LogP contribution in [-0.2, 0) is 40.0 Å². The average Bonchev–Trinajstić information content (AvgIpc) is 2.88. The lowest BCUT2D eigenvalue weighted by Gasteiger charge is -2.27. The number of nitrogens with one attached hydrogen (secondary N) is 4. The predicted octanol–water partition coefficient (Wildman–Crippen LogP) is -2.68. The van der Waals surface area contributed by atoms with E-state index in [9.17, 15) is 43.8 Å². The highest BCUT2D eigenvalue weighted by Gasteiger charge is 2.33. The van der Waals surface area contributed by atoms with Gasteiger partial charge in [0.05, 0.1) is 18.6 Å². The minimum atomic E-state index is -1.87. The Bertz CT molecular complexity index is 1110. The SMILES string of the molecule is CC(N)C(=O)NC(C(=O)NC(Cc1ccccc1)C(=O)NC(CCC(=O)O)C(=O)NC(CC(=O)O)C(=O)O)C(C)O. The highest BCUT2D eigenvalue weighted by Crippen LogP contribution is 2.08. The van der Waals surface area contributed by atoms with Crippen LogP contribution < -0.4 is 27.0 Å². The quantitative estimate of drug-likeness (QED) is 0.0910. The van der Waals surface area contributed by atoms with Crippen molar-refractivity contribution in [3.8, 4) is 0 Å². The number of hydrogen-bond donors (Lipinski definition) is 9. The van der Waals surface area contributed by atoms with Crippen LogP contribution in [-0.4, -0.2) is 98.3 Å². The van der Waals surface area contributed by atoms with Crippen molar-refractivity contribution in [2.75, 3.05) is 0 Å². The fraction of sp³-hybridized carbons (Fsp3) is 0.480. The third-order valence-corrected chi connectivity index (χ3v) is 5.67. The van der Waals surface area contributed by atoms with Gasteiger partial charge in [-0.05, 0) is 25.8 Å². The third kappa shape index (κ3) is 12.4. The molecular weight excluding hydrogens is 546 g/mol. The minimum absolute atomic E-state index is 0.143. The summed E-state index contributed by atoms with van der Waals surface area (Å²) in [5.74, 6) is -8.41. The molecule has 4 amide bonds. The molecule has 0 fully saturated rings. The van der Waals surface area contributed by atoms with Gasteiger partial charge in [-0.25, -0.2) is 4.79 Å². The molecule has 1 aromatic rings. The second-order valence-electron chi connectivity index (χ2n) is 9.26. The lowest BCUT2D eigenvalue weighted by atomic mass is 10.0. The molecular formula is C25H35N5O11. The molecule has 16 nitrogen and oxygen atoms in total. The summed E-state index contributed by atoms with van der Waals surface area (Å²) in [7, 11) is 0. The summed E-state index contributed by atoms with van der Waals surface area (Å²) in [4.78, 5) is 84.7. The summed E-state index contributed by atoms with van der Waals surface area (Å²) in [6.07, 6.45) is -3.66. The number of aliphatic hydroxyl groups excluding tert-OH is 1. The summed E-state index contributed by atoms with van der Waals surface area (Å²) < 4.78 is 0. The molecule has 0 spiro atoms. The molecule has 0 aromatic heterocycles. The topological polar surface area (TPSA) is 275 Å². The molecule has 0 heterocycles. The zero-order valence-corrected chi connectivity index (χ0v) is 22.4. The number of carbonyl (C=O) groups excluding carboxylic acids is 4. The zero-order chi connectivity index (χ0) is 31.3. The van der Waals surface area contributed by atoms with Crippen molar-refractivity contribution in [1.29, 1.82) is 0 Å². The molecule has 226 valence electrons. The summed E-state index contributed by atoms with van der Waals surface area (Å²) >= 11 is 0. The average molecular weight is 582 g/mol. The Morgan fingerprint density at radius 1 is 0.732 bits per heavy atom. The molecule has 0 aliphatic carbocycles. The Morgan fingerprint density at radius 3 is 1.76 bits per heavy atom. The molecule has 41 heavy (non-hydrogen) atoms. The Balaban J connectivity index is 3.27. The molecule has 6 atom stereocenters. The van der Waals surface area contributed by atoms with Gasteiger partial charge in [0.25, 0.3) is 0 Å². The first-order chi connectivity index (χ1) is 19.1. The number of aliphatic carboxylic acids is 3. The second kappa shape index (κ2) is 16.5. The molecule has 0 bridgehead atoms. The number of nitrogens with two attached hydrogens (primary N) is 1. The molecule has 10 N–H and O–H groups in total. The largest absolute Gasteiger partial charge is 0.481 e. The molecule has 1 aromatic carbocycles. The Kier molecular flexibility index (Phi) is 13.9. The van der Waals surface area contributed by atoms with E-state index in [1.807, 2.05) is 5.32 Å². The van der Waals surface area contributed by atoms with Crippen LogP contribution in [0.25, 0.3) is 0 Å². The van der Waals surface area contributed by atoms with Crippen molar-refractivity contribution < 1.29 is 54.0 Å². The third-order valence-electron chi connectivity index (χ3n) is 5.67. The number of rotatable bonds is 17. The van der Waals surface area contributed by atoms with Crippen molar-refractivity contribution in [1.82, 2.24) is 21.3 Å². The maximum Gasteiger partial charge on any atom is 0.326 e. The molecule has 6 unspecified atom stereocenters. The van der Waals surface area contributed by atoms with Gasteiger partial charge in [0.2, 0.25) is 23.6 Å². The normalized spacial score (nSPS) is 15.1. The van der Waals surface area contributed by atoms with E-state index in [2.05, 4.69) is 16.0 Å². The predicted molar refractivity (Wildman–Crippen MR) is 140 cm³/mol. The van der Waals surface area contributed by atoms with Crippen LogP contribution in [0.5, 0.6) is 0 Å². The molecule has 0 aliphatic heterocycles. The van der Waals surface area contributed by atoms with Crippen LogP contribution in [0.4, 0.5) is 0 Å². The molecule has 1 rings (SSSR count). The van der Waals surface area contributed by atoms with Gasteiger partial charge in [0.15, 0.2) is 0 Å². The van der Waals surface area contributed by atoms with Crippen LogP contribution in [0.1, 0.15) is 38.7 Å². The Morgan fingerprint density at radius 2 is 1.27 bits per heavy atom. The van der Waals surface area contributed by atoms with E-state index in [1.165, 1.54) is 13.8 Å². The molecule has 0 aliphatic rings. The highest BCUT2D eigenvalue weighted by molar-refractivity contribution is 5.96. The fourth-order valence-electron chi connectivity index (χ4n) is 3.47. The summed E-state index contributed by atoms with van der Waals surface area (Å²) in [6.45, 7) is 2.58. The van der Waals surface area contributed by atoms with Gasteiger partial charge >= 0.3 is 17.9 Å². The number of aliphatic hydroxyl groups is 1. The molecule has 16 heteroatoms. The van der Waals surface area contributed by atoms with Crippen molar-refractivity contribution in [3.05, 3.63) is 35.9 Å². The van der Waals surface area contributed by atoms with E-state index >= 15 is 0 Å². The Hall–Kier alpha value is -4.57. The summed E-state index contributed by atoms with van der Waals surface area (Å²) in [5, 5.41) is 46.2. The first-order valence-corrected chi connectivity index (χ1v) is 12.5. The summed E-state index contributed by atoms with van der Waals surface area (Å²) in [6, 6.07) is 0.827. The van der Waals surface area contributed by atoms with Gasteiger partial charge < -0.3 is 47.4 Å². The van der Waals surface area contributed by atoms with E-state index in [1.54, 1.807) is 30.3 Å². The van der Waals surface area contributed by atoms with E-state index in [0.717, 1.165) is 0 Å². The number of carboxylic acids is 3. The van der Waals surface area contributed by atoms with Crippen LogP contribution >= 0.6 is 0 Å². The van der Waals surface area contributed by atoms with Gasteiger partial charge in [-0.1, -0.05) is 30.3 Å². The monoisotopic (exact) mass is 581 g/mol. The minimum Gasteiger partial charge on any atom is -0.481 e. The van der Waals surface area contributed by atoms with Crippen LogP contribution in [0.15, 0.2) is 30.3 Å². The van der Waals surface area contributed by atoms with Crippen molar-refractivity contribution in [3.63, 3.8) is 0 Å². The maximum absolute atomic E-state index is 13.3. The molecule has 0 saturated carbocycles. The van der Waals surface area contributed by atoms with E-state index in [4.69, 9.17) is 15.9 Å². The van der Waals surface area contributed by atoms with Crippen molar-refractivity contribution >= 4 is 41.5 Å². The maximum atomic E-state index is 13.3. The van der Waals surface area contributed by atoms with Crippen LogP contribution in [0.2, 0.25) is 0 Å². The fourth-order valence-corrected chi connectivity index (χ4v) is 3.47. The smallest absolute Gasteiger partial charge is 0.326 e. The first-order valence-electron chi connectivity index (χ1n) is 12.5. The second-order valence-corrected chi connectivity index (χ2v) is 9.26. The first kappa shape index (κ1) is 34.5. The van der Waals surface area contributed by atoms with Gasteiger partial charge in [0, 0.05) is 12.8 Å². The van der Waals surface area contributed by atoms with E-state index in [-0.39, 0.29) is 6.42 Å². The van der Waals surface area contributed by atoms with Crippen LogP contribution in [0, 0.1) is 0 Å². The van der Waals surface area contributed by atoms with E-state index in [0.29, 0.717) is 5.56 Å². The Labute approximate surface area is 234 Å². The van der Waals surface area contributed by atoms with Gasteiger partial charge in [-0.2, -0.15) is 0 Å². The number of amides is 4.